The van der Waals surface area contributed by atoms with Crippen LogP contribution in [-0.2, 0) is 14.3 Å². The van der Waals surface area contributed by atoms with Gasteiger partial charge in [0, 0.05) is 12.2 Å². The molecule has 1 aliphatic rings. The third-order valence-electron chi connectivity index (χ3n) is 3.64. The SMILES string of the molecule is COC(=O)C1=C(Nc2ccc(OC(F)F)cc2C)C(=O)N(CCO)C1. The number of hydrogen-bond donors (Lipinski definition) is 2. The van der Waals surface area contributed by atoms with Crippen molar-refractivity contribution < 1.29 is 33.0 Å². The van der Waals surface area contributed by atoms with Crippen molar-refractivity contribution >= 4 is 17.6 Å². The lowest BCUT2D eigenvalue weighted by molar-refractivity contribution is -0.136. The molecule has 1 amide bonds. The first-order valence-electron chi connectivity index (χ1n) is 7.41. The van der Waals surface area contributed by atoms with Gasteiger partial charge in [0.2, 0.25) is 0 Å². The number of aliphatic hydroxyl groups is 1. The van der Waals surface area contributed by atoms with E-state index in [0.29, 0.717) is 11.3 Å². The lowest BCUT2D eigenvalue weighted by atomic mass is 10.1. The van der Waals surface area contributed by atoms with E-state index in [2.05, 4.69) is 14.8 Å². The number of esters is 1. The molecule has 1 aromatic carbocycles. The number of aliphatic hydroxyl groups excluding tert-OH is 1. The summed E-state index contributed by atoms with van der Waals surface area (Å²) in [5, 5.41) is 11.9. The lowest BCUT2D eigenvalue weighted by Gasteiger charge is -2.16. The van der Waals surface area contributed by atoms with Gasteiger partial charge in [0.25, 0.3) is 5.91 Å². The predicted octanol–water partition coefficient (Wildman–Crippen LogP) is 1.27. The number of amides is 1. The molecule has 0 aromatic heterocycles. The van der Waals surface area contributed by atoms with Gasteiger partial charge < -0.3 is 24.8 Å². The summed E-state index contributed by atoms with van der Waals surface area (Å²) in [5.74, 6) is -1.13. The quantitative estimate of drug-likeness (QED) is 0.716. The minimum Gasteiger partial charge on any atom is -0.466 e. The molecule has 7 nitrogen and oxygen atoms in total. The molecule has 1 aliphatic heterocycles. The largest absolute Gasteiger partial charge is 0.466 e. The Balaban J connectivity index is 2.29. The van der Waals surface area contributed by atoms with E-state index in [1.807, 2.05) is 0 Å². The Hall–Kier alpha value is -2.68. The average molecular weight is 356 g/mol. The zero-order valence-electron chi connectivity index (χ0n) is 13.7. The van der Waals surface area contributed by atoms with Gasteiger partial charge in [0.05, 0.1) is 25.8 Å². The maximum absolute atomic E-state index is 12.4. The van der Waals surface area contributed by atoms with Crippen LogP contribution in [0.2, 0.25) is 0 Å². The van der Waals surface area contributed by atoms with Gasteiger partial charge in [-0.25, -0.2) is 4.79 Å². The van der Waals surface area contributed by atoms with E-state index in [1.165, 1.54) is 30.2 Å². The molecule has 0 saturated heterocycles. The Morgan fingerprint density at radius 3 is 2.72 bits per heavy atom. The standard InChI is InChI=1S/C16H18F2N2O5/c1-9-7-10(25-16(17)18)3-4-12(9)19-13-11(15(23)24-2)8-20(5-6-21)14(13)22/h3-4,7,16,19,21H,5-6,8H2,1-2H3. The summed E-state index contributed by atoms with van der Waals surface area (Å²) in [6.45, 7) is -1.45. The number of alkyl halides is 2. The molecule has 1 aromatic rings. The monoisotopic (exact) mass is 356 g/mol. The van der Waals surface area contributed by atoms with Crippen LogP contribution in [0, 0.1) is 6.92 Å². The highest BCUT2D eigenvalue weighted by Gasteiger charge is 2.34. The van der Waals surface area contributed by atoms with Crippen LogP contribution in [0.4, 0.5) is 14.5 Å². The topological polar surface area (TPSA) is 88.1 Å². The molecule has 0 radical (unpaired) electrons. The third kappa shape index (κ3) is 4.24. The molecule has 0 atom stereocenters. The molecular weight excluding hydrogens is 338 g/mol. The highest BCUT2D eigenvalue weighted by atomic mass is 19.3. The van der Waals surface area contributed by atoms with E-state index in [9.17, 15) is 18.4 Å². The molecule has 0 fully saturated rings. The molecular formula is C16H18F2N2O5. The van der Waals surface area contributed by atoms with Crippen molar-refractivity contribution in [3.8, 4) is 5.75 Å². The number of nitrogens with zero attached hydrogens (tertiary/aromatic N) is 1. The average Bonchev–Trinajstić information content (AvgIpc) is 2.86. The van der Waals surface area contributed by atoms with E-state index >= 15 is 0 Å². The molecule has 136 valence electrons. The van der Waals surface area contributed by atoms with Gasteiger partial charge in [-0.15, -0.1) is 0 Å². The Morgan fingerprint density at radius 1 is 1.44 bits per heavy atom. The molecule has 9 heteroatoms. The second-order valence-corrected chi connectivity index (χ2v) is 5.28. The van der Waals surface area contributed by atoms with E-state index in [1.54, 1.807) is 6.92 Å². The molecule has 2 N–H and O–H groups in total. The minimum atomic E-state index is -2.93. The minimum absolute atomic E-state index is 0.0139. The van der Waals surface area contributed by atoms with Gasteiger partial charge in [0.15, 0.2) is 0 Å². The van der Waals surface area contributed by atoms with Crippen LogP contribution in [0.1, 0.15) is 5.56 Å². The highest BCUT2D eigenvalue weighted by Crippen LogP contribution is 2.27. The number of carbonyl (C=O) groups excluding carboxylic acids is 2. The molecule has 0 saturated carbocycles. The van der Waals surface area contributed by atoms with Crippen molar-refractivity contribution in [2.75, 3.05) is 32.1 Å². The molecule has 1 heterocycles. The molecule has 0 bridgehead atoms. The Kier molecular flexibility index (Phi) is 5.92. The number of methoxy groups -OCH3 is 1. The number of β-amino-alcohol motifs (C(OH)–C–C–N with tert-alkyl or cyclic N) is 1. The summed E-state index contributed by atoms with van der Waals surface area (Å²) in [6.07, 6.45) is 0. The summed E-state index contributed by atoms with van der Waals surface area (Å²) >= 11 is 0. The Morgan fingerprint density at radius 2 is 2.16 bits per heavy atom. The number of ether oxygens (including phenoxy) is 2. The number of hydrogen-bond acceptors (Lipinski definition) is 6. The van der Waals surface area contributed by atoms with Crippen LogP contribution in [0.25, 0.3) is 0 Å². The van der Waals surface area contributed by atoms with Gasteiger partial charge in [0.1, 0.15) is 11.4 Å². The fraction of sp³-hybridized carbons (Fsp3) is 0.375. The van der Waals surface area contributed by atoms with Gasteiger partial charge in [-0.2, -0.15) is 8.78 Å². The number of nitrogens with one attached hydrogen (secondary N) is 1. The fourth-order valence-corrected chi connectivity index (χ4v) is 2.44. The summed E-state index contributed by atoms with van der Waals surface area (Å²) < 4.78 is 33.5. The van der Waals surface area contributed by atoms with E-state index in [0.717, 1.165) is 0 Å². The van der Waals surface area contributed by atoms with Crippen molar-refractivity contribution in [1.82, 2.24) is 4.90 Å². The van der Waals surface area contributed by atoms with Crippen molar-refractivity contribution in [2.45, 2.75) is 13.5 Å². The van der Waals surface area contributed by atoms with E-state index in [4.69, 9.17) is 5.11 Å². The number of benzene rings is 1. The Labute approximate surface area is 142 Å². The predicted molar refractivity (Wildman–Crippen MR) is 84.1 cm³/mol. The first kappa shape index (κ1) is 18.7. The molecule has 2 rings (SSSR count). The van der Waals surface area contributed by atoms with Crippen LogP contribution in [0.5, 0.6) is 5.75 Å². The summed E-state index contributed by atoms with van der Waals surface area (Å²) in [5.41, 5.74) is 1.17. The maximum atomic E-state index is 12.4. The van der Waals surface area contributed by atoms with E-state index < -0.39 is 18.5 Å². The lowest BCUT2D eigenvalue weighted by Crippen LogP contribution is -2.31. The third-order valence-corrected chi connectivity index (χ3v) is 3.64. The van der Waals surface area contributed by atoms with Crippen LogP contribution >= 0.6 is 0 Å². The van der Waals surface area contributed by atoms with Crippen molar-refractivity contribution in [1.29, 1.82) is 0 Å². The Bertz CT molecular complexity index is 706. The first-order chi connectivity index (χ1) is 11.9. The summed E-state index contributed by atoms with van der Waals surface area (Å²) in [4.78, 5) is 25.6. The van der Waals surface area contributed by atoms with Gasteiger partial charge in [-0.05, 0) is 30.7 Å². The van der Waals surface area contributed by atoms with Crippen LogP contribution in [0.3, 0.4) is 0 Å². The molecule has 25 heavy (non-hydrogen) atoms. The van der Waals surface area contributed by atoms with Gasteiger partial charge in [-0.3, -0.25) is 4.79 Å². The number of carbonyl (C=O) groups is 2. The molecule has 0 unspecified atom stereocenters. The van der Waals surface area contributed by atoms with Crippen molar-refractivity contribution in [3.05, 3.63) is 35.0 Å². The molecule has 0 aliphatic carbocycles. The maximum Gasteiger partial charge on any atom is 0.387 e. The smallest absolute Gasteiger partial charge is 0.387 e. The van der Waals surface area contributed by atoms with Crippen LogP contribution < -0.4 is 10.1 Å². The van der Waals surface area contributed by atoms with Crippen LogP contribution in [0.15, 0.2) is 29.5 Å². The number of aryl methyl sites for hydroxylation is 1. The van der Waals surface area contributed by atoms with E-state index in [-0.39, 0.29) is 36.7 Å². The zero-order chi connectivity index (χ0) is 18.6. The summed E-state index contributed by atoms with van der Waals surface area (Å²) in [6, 6.07) is 4.18. The van der Waals surface area contributed by atoms with Gasteiger partial charge in [-0.1, -0.05) is 0 Å². The van der Waals surface area contributed by atoms with Crippen molar-refractivity contribution in [3.63, 3.8) is 0 Å². The number of halogens is 2. The normalized spacial score (nSPS) is 14.3. The van der Waals surface area contributed by atoms with Gasteiger partial charge >= 0.3 is 12.6 Å². The second kappa shape index (κ2) is 7.93. The fourth-order valence-electron chi connectivity index (χ4n) is 2.44. The highest BCUT2D eigenvalue weighted by molar-refractivity contribution is 6.08. The van der Waals surface area contributed by atoms with Crippen LogP contribution in [-0.4, -0.2) is 55.3 Å². The first-order valence-corrected chi connectivity index (χ1v) is 7.41. The second-order valence-electron chi connectivity index (χ2n) is 5.28. The number of anilines is 1. The number of rotatable bonds is 7. The summed E-state index contributed by atoms with van der Waals surface area (Å²) in [7, 11) is 1.20. The zero-order valence-corrected chi connectivity index (χ0v) is 13.7. The van der Waals surface area contributed by atoms with Crippen molar-refractivity contribution in [2.24, 2.45) is 0 Å². The molecule has 0 spiro atoms.